The summed E-state index contributed by atoms with van der Waals surface area (Å²) in [5.41, 5.74) is 6.09. The van der Waals surface area contributed by atoms with Gasteiger partial charge in [0.15, 0.2) is 0 Å². The Labute approximate surface area is 241 Å². The highest BCUT2D eigenvalue weighted by molar-refractivity contribution is 6.40. The van der Waals surface area contributed by atoms with Gasteiger partial charge in [-0.15, -0.1) is 0 Å². The first-order chi connectivity index (χ1) is 20.5. The Morgan fingerprint density at radius 3 is 2.17 bits per heavy atom. The van der Waals surface area contributed by atoms with Gasteiger partial charge in [-0.3, -0.25) is 14.4 Å². The quantitative estimate of drug-likeness (QED) is 0.142. The summed E-state index contributed by atoms with van der Waals surface area (Å²) in [5.74, 6) is -1.72. The molecular weight excluding hydrogens is 532 g/mol. The van der Waals surface area contributed by atoms with Gasteiger partial charge in [0.2, 0.25) is 0 Å². The van der Waals surface area contributed by atoms with Gasteiger partial charge in [0.05, 0.1) is 30.3 Å². The summed E-state index contributed by atoms with van der Waals surface area (Å²) in [4.78, 5) is 38.1. The Balaban J connectivity index is 1.30. The lowest BCUT2D eigenvalue weighted by molar-refractivity contribution is -0.136. The average Bonchev–Trinajstić information content (AvgIpc) is 3.46. The summed E-state index contributed by atoms with van der Waals surface area (Å²) < 4.78 is 6.95. The van der Waals surface area contributed by atoms with Crippen molar-refractivity contribution in [3.8, 4) is 22.7 Å². The average molecular weight is 559 g/mol. The minimum absolute atomic E-state index is 0.181. The molecule has 0 aliphatic heterocycles. The van der Waals surface area contributed by atoms with E-state index < -0.39 is 17.7 Å². The third-order valence-electron chi connectivity index (χ3n) is 6.15. The summed E-state index contributed by atoms with van der Waals surface area (Å²) in [7, 11) is 1.59. The van der Waals surface area contributed by atoms with Gasteiger partial charge in [0, 0.05) is 23.0 Å². The number of hydrogen-bond donors (Lipinski definition) is 3. The van der Waals surface area contributed by atoms with E-state index in [1.54, 1.807) is 60.5 Å². The summed E-state index contributed by atoms with van der Waals surface area (Å²) in [6, 6.07) is 32.2. The molecule has 0 aliphatic carbocycles. The zero-order valence-corrected chi connectivity index (χ0v) is 22.5. The van der Waals surface area contributed by atoms with Crippen LogP contribution in [-0.4, -0.2) is 40.8 Å². The predicted molar refractivity (Wildman–Crippen MR) is 161 cm³/mol. The zero-order chi connectivity index (χ0) is 29.3. The molecule has 0 saturated heterocycles. The zero-order valence-electron chi connectivity index (χ0n) is 22.5. The van der Waals surface area contributed by atoms with Gasteiger partial charge in [0.25, 0.3) is 5.91 Å². The molecule has 5 rings (SSSR count). The van der Waals surface area contributed by atoms with Crippen LogP contribution in [0, 0.1) is 0 Å². The highest BCUT2D eigenvalue weighted by Gasteiger charge is 2.18. The lowest BCUT2D eigenvalue weighted by Gasteiger charge is -2.11. The number of methoxy groups -OCH3 is 1. The maximum absolute atomic E-state index is 12.8. The van der Waals surface area contributed by atoms with Crippen molar-refractivity contribution >= 4 is 35.3 Å². The van der Waals surface area contributed by atoms with Crippen LogP contribution < -0.4 is 20.8 Å². The van der Waals surface area contributed by atoms with Crippen molar-refractivity contribution in [2.45, 2.75) is 0 Å². The minimum atomic E-state index is -1.01. The van der Waals surface area contributed by atoms with Crippen LogP contribution in [0.1, 0.15) is 15.9 Å². The number of ether oxygens (including phenoxy) is 1. The molecule has 0 bridgehead atoms. The lowest BCUT2D eigenvalue weighted by Crippen LogP contribution is -2.33. The van der Waals surface area contributed by atoms with Gasteiger partial charge < -0.3 is 15.4 Å². The third-order valence-corrected chi connectivity index (χ3v) is 6.15. The van der Waals surface area contributed by atoms with E-state index in [4.69, 9.17) is 9.84 Å². The maximum Gasteiger partial charge on any atom is 0.329 e. The molecule has 10 heteroatoms. The third kappa shape index (κ3) is 6.57. The minimum Gasteiger partial charge on any atom is -0.497 e. The van der Waals surface area contributed by atoms with Gasteiger partial charge in [-0.2, -0.15) is 10.2 Å². The first-order valence-corrected chi connectivity index (χ1v) is 12.9. The van der Waals surface area contributed by atoms with E-state index in [0.717, 1.165) is 11.3 Å². The molecule has 3 N–H and O–H groups in total. The van der Waals surface area contributed by atoms with Crippen molar-refractivity contribution in [1.29, 1.82) is 0 Å². The second-order valence-electron chi connectivity index (χ2n) is 8.96. The number of carbonyl (C=O) groups excluding carboxylic acids is 3. The van der Waals surface area contributed by atoms with E-state index in [9.17, 15) is 14.4 Å². The molecule has 1 heterocycles. The van der Waals surface area contributed by atoms with Gasteiger partial charge >= 0.3 is 11.8 Å². The summed E-state index contributed by atoms with van der Waals surface area (Å²) in [5, 5.41) is 14.0. The fourth-order valence-electron chi connectivity index (χ4n) is 4.07. The predicted octanol–water partition coefficient (Wildman–Crippen LogP) is 4.89. The van der Waals surface area contributed by atoms with Crippen LogP contribution in [0.5, 0.6) is 5.75 Å². The number of para-hydroxylation sites is 3. The van der Waals surface area contributed by atoms with Crippen molar-refractivity contribution in [2.24, 2.45) is 5.10 Å². The second-order valence-corrected chi connectivity index (χ2v) is 8.96. The van der Waals surface area contributed by atoms with E-state index in [0.29, 0.717) is 22.7 Å². The van der Waals surface area contributed by atoms with Crippen LogP contribution >= 0.6 is 0 Å². The highest BCUT2D eigenvalue weighted by atomic mass is 16.5. The van der Waals surface area contributed by atoms with E-state index in [2.05, 4.69) is 21.2 Å². The molecule has 0 unspecified atom stereocenters. The van der Waals surface area contributed by atoms with E-state index in [1.165, 1.54) is 12.3 Å². The first kappa shape index (κ1) is 27.5. The number of rotatable bonds is 8. The highest BCUT2D eigenvalue weighted by Crippen LogP contribution is 2.25. The summed E-state index contributed by atoms with van der Waals surface area (Å²) in [6.07, 6.45) is 3.19. The number of nitrogens with one attached hydrogen (secondary N) is 3. The second kappa shape index (κ2) is 12.9. The van der Waals surface area contributed by atoms with Crippen molar-refractivity contribution in [3.05, 3.63) is 127 Å². The number of hydrazone groups is 1. The standard InChI is InChI=1S/C32H26N6O4/c1-42-26-18-16-22(17-19-26)29-23(21-38(37-29)25-12-6-3-7-13-25)20-33-36-32(41)31(40)35-28-15-9-8-14-27(28)30(39)34-24-10-4-2-5-11-24/h2-21H,1H3,(H,34,39)(H,35,40)(H,36,41)/b33-20+. The molecule has 0 saturated carbocycles. The topological polar surface area (TPSA) is 127 Å². The molecule has 0 atom stereocenters. The van der Waals surface area contributed by atoms with Gasteiger partial charge in [-0.1, -0.05) is 48.5 Å². The Hall–Kier alpha value is -6.03. The van der Waals surface area contributed by atoms with Gasteiger partial charge in [0.1, 0.15) is 11.4 Å². The number of amides is 3. The van der Waals surface area contributed by atoms with Crippen LogP contribution in [-0.2, 0) is 9.59 Å². The van der Waals surface area contributed by atoms with Crippen molar-refractivity contribution in [1.82, 2.24) is 15.2 Å². The van der Waals surface area contributed by atoms with Crippen molar-refractivity contribution in [2.75, 3.05) is 17.7 Å². The molecule has 1 aromatic heterocycles. The molecule has 0 spiro atoms. The Morgan fingerprint density at radius 1 is 0.786 bits per heavy atom. The molecule has 42 heavy (non-hydrogen) atoms. The molecule has 0 aliphatic rings. The number of benzene rings is 4. The van der Waals surface area contributed by atoms with Crippen molar-refractivity contribution in [3.63, 3.8) is 0 Å². The van der Waals surface area contributed by atoms with Crippen LogP contribution in [0.2, 0.25) is 0 Å². The fourth-order valence-corrected chi connectivity index (χ4v) is 4.07. The molecule has 10 nitrogen and oxygen atoms in total. The van der Waals surface area contributed by atoms with Crippen LogP contribution in [0.3, 0.4) is 0 Å². The van der Waals surface area contributed by atoms with E-state index >= 15 is 0 Å². The van der Waals surface area contributed by atoms with Gasteiger partial charge in [-0.05, 0) is 60.7 Å². The molecule has 208 valence electrons. The molecule has 0 radical (unpaired) electrons. The fraction of sp³-hybridized carbons (Fsp3) is 0.0312. The largest absolute Gasteiger partial charge is 0.497 e. The molecule has 3 amide bonds. The van der Waals surface area contributed by atoms with Crippen LogP contribution in [0.15, 0.2) is 120 Å². The molecule has 5 aromatic rings. The first-order valence-electron chi connectivity index (χ1n) is 12.9. The normalized spacial score (nSPS) is 10.7. The Bertz CT molecular complexity index is 1730. The number of anilines is 2. The van der Waals surface area contributed by atoms with Gasteiger partial charge in [-0.25, -0.2) is 10.1 Å². The smallest absolute Gasteiger partial charge is 0.329 e. The van der Waals surface area contributed by atoms with Crippen molar-refractivity contribution < 1.29 is 19.1 Å². The Morgan fingerprint density at radius 2 is 1.45 bits per heavy atom. The van der Waals surface area contributed by atoms with Crippen LogP contribution in [0.25, 0.3) is 16.9 Å². The number of aromatic nitrogens is 2. The SMILES string of the molecule is COc1ccc(-c2nn(-c3ccccc3)cc2/C=N/NC(=O)C(=O)Nc2ccccc2C(=O)Nc2ccccc2)cc1. The number of nitrogens with zero attached hydrogens (tertiary/aromatic N) is 3. The monoisotopic (exact) mass is 558 g/mol. The number of hydrogen-bond acceptors (Lipinski definition) is 6. The van der Waals surface area contributed by atoms with E-state index in [-0.39, 0.29) is 11.3 Å². The Kier molecular flexibility index (Phi) is 8.44. The summed E-state index contributed by atoms with van der Waals surface area (Å²) >= 11 is 0. The lowest BCUT2D eigenvalue weighted by atomic mass is 10.1. The maximum atomic E-state index is 12.8. The van der Waals surface area contributed by atoms with Crippen LogP contribution in [0.4, 0.5) is 11.4 Å². The van der Waals surface area contributed by atoms with E-state index in [1.807, 2.05) is 60.7 Å². The molecule has 4 aromatic carbocycles. The number of carbonyl (C=O) groups is 3. The molecule has 0 fully saturated rings. The summed E-state index contributed by atoms with van der Waals surface area (Å²) in [6.45, 7) is 0. The molecular formula is C32H26N6O4.